The summed E-state index contributed by atoms with van der Waals surface area (Å²) in [7, 11) is 0. The standard InChI is InChI=1S/C19H32N2/c1-4-14-21(15-18-8-7-13-20-18)19(6-3)17-11-9-16(5-2)10-12-17/h9-12,18-20H,4-8,13-15H2,1-3H3. The van der Waals surface area contributed by atoms with Crippen LogP contribution in [0.1, 0.15) is 63.6 Å². The fraction of sp³-hybridized carbons (Fsp3) is 0.684. The van der Waals surface area contributed by atoms with Gasteiger partial charge in [0.2, 0.25) is 0 Å². The average Bonchev–Trinajstić information content (AvgIpc) is 3.02. The Hall–Kier alpha value is -0.860. The van der Waals surface area contributed by atoms with Crippen LogP contribution in [0.5, 0.6) is 0 Å². The molecule has 1 saturated heterocycles. The number of nitrogens with one attached hydrogen (secondary N) is 1. The van der Waals surface area contributed by atoms with Crippen molar-refractivity contribution in [3.8, 4) is 0 Å². The third kappa shape index (κ3) is 4.55. The first-order chi connectivity index (χ1) is 10.3. The minimum atomic E-state index is 0.568. The summed E-state index contributed by atoms with van der Waals surface area (Å²) in [5.41, 5.74) is 2.93. The number of aryl methyl sites for hydroxylation is 1. The molecule has 0 radical (unpaired) electrons. The zero-order valence-corrected chi connectivity index (χ0v) is 14.1. The van der Waals surface area contributed by atoms with Gasteiger partial charge in [0.1, 0.15) is 0 Å². The molecule has 0 spiro atoms. The van der Waals surface area contributed by atoms with Crippen molar-refractivity contribution in [3.05, 3.63) is 35.4 Å². The summed E-state index contributed by atoms with van der Waals surface area (Å²) < 4.78 is 0. The summed E-state index contributed by atoms with van der Waals surface area (Å²) in [5, 5.41) is 3.65. The highest BCUT2D eigenvalue weighted by molar-refractivity contribution is 5.25. The molecule has 0 saturated carbocycles. The fourth-order valence-electron chi connectivity index (χ4n) is 3.54. The molecule has 2 nitrogen and oxygen atoms in total. The summed E-state index contributed by atoms with van der Waals surface area (Å²) in [6.07, 6.45) is 6.23. The van der Waals surface area contributed by atoms with Gasteiger partial charge in [-0.15, -0.1) is 0 Å². The van der Waals surface area contributed by atoms with E-state index in [0.29, 0.717) is 12.1 Å². The van der Waals surface area contributed by atoms with Crippen molar-refractivity contribution >= 4 is 0 Å². The van der Waals surface area contributed by atoms with Crippen LogP contribution in [0.2, 0.25) is 0 Å². The quantitative estimate of drug-likeness (QED) is 0.772. The highest BCUT2D eigenvalue weighted by atomic mass is 15.2. The lowest BCUT2D eigenvalue weighted by Gasteiger charge is -2.33. The van der Waals surface area contributed by atoms with Gasteiger partial charge in [-0.2, -0.15) is 0 Å². The Bertz CT molecular complexity index is 393. The molecule has 0 bridgehead atoms. The number of benzene rings is 1. The minimum Gasteiger partial charge on any atom is -0.313 e. The SMILES string of the molecule is CCCN(CC1CCCN1)C(CC)c1ccc(CC)cc1. The molecule has 1 aliphatic heterocycles. The van der Waals surface area contributed by atoms with Gasteiger partial charge >= 0.3 is 0 Å². The molecule has 0 aliphatic carbocycles. The van der Waals surface area contributed by atoms with E-state index < -0.39 is 0 Å². The molecule has 2 unspecified atom stereocenters. The van der Waals surface area contributed by atoms with Crippen molar-refractivity contribution in [3.63, 3.8) is 0 Å². The first-order valence-corrected chi connectivity index (χ1v) is 8.84. The van der Waals surface area contributed by atoms with E-state index in [0.717, 1.165) is 6.42 Å². The van der Waals surface area contributed by atoms with Crippen molar-refractivity contribution in [2.75, 3.05) is 19.6 Å². The molecule has 1 aromatic rings. The van der Waals surface area contributed by atoms with E-state index in [1.54, 1.807) is 0 Å². The van der Waals surface area contributed by atoms with Crippen molar-refractivity contribution in [1.82, 2.24) is 10.2 Å². The van der Waals surface area contributed by atoms with Gasteiger partial charge in [-0.1, -0.05) is 45.0 Å². The van der Waals surface area contributed by atoms with E-state index in [2.05, 4.69) is 55.3 Å². The van der Waals surface area contributed by atoms with Gasteiger partial charge in [0, 0.05) is 18.6 Å². The maximum atomic E-state index is 3.65. The minimum absolute atomic E-state index is 0.568. The maximum absolute atomic E-state index is 3.65. The number of rotatable bonds is 8. The Morgan fingerprint density at radius 3 is 2.48 bits per heavy atom. The van der Waals surface area contributed by atoms with Gasteiger partial charge in [-0.3, -0.25) is 4.90 Å². The third-order valence-corrected chi connectivity index (χ3v) is 4.73. The monoisotopic (exact) mass is 288 g/mol. The van der Waals surface area contributed by atoms with E-state index in [9.17, 15) is 0 Å². The molecule has 2 atom stereocenters. The van der Waals surface area contributed by atoms with E-state index in [-0.39, 0.29) is 0 Å². The van der Waals surface area contributed by atoms with Crippen LogP contribution in [-0.4, -0.2) is 30.6 Å². The Morgan fingerprint density at radius 2 is 1.95 bits per heavy atom. The lowest BCUT2D eigenvalue weighted by molar-refractivity contribution is 0.176. The Morgan fingerprint density at radius 1 is 1.19 bits per heavy atom. The molecule has 21 heavy (non-hydrogen) atoms. The summed E-state index contributed by atoms with van der Waals surface area (Å²) >= 11 is 0. The second kappa shape index (κ2) is 8.55. The van der Waals surface area contributed by atoms with Crippen LogP contribution in [0.4, 0.5) is 0 Å². The zero-order valence-electron chi connectivity index (χ0n) is 14.1. The smallest absolute Gasteiger partial charge is 0.0346 e. The molecule has 2 rings (SSSR count). The topological polar surface area (TPSA) is 15.3 Å². The van der Waals surface area contributed by atoms with Crippen LogP contribution >= 0.6 is 0 Å². The average molecular weight is 288 g/mol. The van der Waals surface area contributed by atoms with Gasteiger partial charge in [-0.05, 0) is 56.3 Å². The van der Waals surface area contributed by atoms with E-state index in [1.165, 1.54) is 56.4 Å². The van der Waals surface area contributed by atoms with Crippen molar-refractivity contribution in [1.29, 1.82) is 0 Å². The van der Waals surface area contributed by atoms with Gasteiger partial charge in [-0.25, -0.2) is 0 Å². The van der Waals surface area contributed by atoms with Gasteiger partial charge in [0.15, 0.2) is 0 Å². The van der Waals surface area contributed by atoms with Crippen molar-refractivity contribution in [2.24, 2.45) is 0 Å². The summed E-state index contributed by atoms with van der Waals surface area (Å²) in [6.45, 7) is 10.4. The van der Waals surface area contributed by atoms with Gasteiger partial charge < -0.3 is 5.32 Å². The summed E-state index contributed by atoms with van der Waals surface area (Å²) in [5.74, 6) is 0. The molecular weight excluding hydrogens is 256 g/mol. The van der Waals surface area contributed by atoms with Crippen LogP contribution in [0.25, 0.3) is 0 Å². The predicted molar refractivity (Wildman–Crippen MR) is 91.7 cm³/mol. The molecule has 1 aromatic carbocycles. The largest absolute Gasteiger partial charge is 0.313 e. The molecule has 0 aromatic heterocycles. The first kappa shape index (κ1) is 16.5. The molecule has 1 heterocycles. The van der Waals surface area contributed by atoms with Crippen LogP contribution in [0.3, 0.4) is 0 Å². The maximum Gasteiger partial charge on any atom is 0.0346 e. The molecule has 2 heteroatoms. The molecule has 1 fully saturated rings. The third-order valence-electron chi connectivity index (χ3n) is 4.73. The van der Waals surface area contributed by atoms with Crippen LogP contribution in [0, 0.1) is 0 Å². The number of nitrogens with zero attached hydrogens (tertiary/aromatic N) is 1. The molecule has 118 valence electrons. The van der Waals surface area contributed by atoms with E-state index in [4.69, 9.17) is 0 Å². The highest BCUT2D eigenvalue weighted by Gasteiger charge is 2.23. The molecule has 1 aliphatic rings. The second-order valence-corrected chi connectivity index (χ2v) is 6.31. The molecule has 1 N–H and O–H groups in total. The van der Waals surface area contributed by atoms with Crippen LogP contribution < -0.4 is 5.32 Å². The van der Waals surface area contributed by atoms with Crippen molar-refractivity contribution in [2.45, 2.75) is 65.0 Å². The Kier molecular flexibility index (Phi) is 6.72. The lowest BCUT2D eigenvalue weighted by atomic mass is 9.99. The molecular formula is C19H32N2. The number of hydrogen-bond donors (Lipinski definition) is 1. The van der Waals surface area contributed by atoms with Crippen molar-refractivity contribution < 1.29 is 0 Å². The lowest BCUT2D eigenvalue weighted by Crippen LogP contribution is -2.40. The predicted octanol–water partition coefficient (Wildman–Crippen LogP) is 4.16. The Labute approximate surface area is 130 Å². The highest BCUT2D eigenvalue weighted by Crippen LogP contribution is 2.26. The van der Waals surface area contributed by atoms with Crippen LogP contribution in [-0.2, 0) is 6.42 Å². The van der Waals surface area contributed by atoms with Gasteiger partial charge in [0.25, 0.3) is 0 Å². The second-order valence-electron chi connectivity index (χ2n) is 6.31. The fourth-order valence-corrected chi connectivity index (χ4v) is 3.54. The van der Waals surface area contributed by atoms with Gasteiger partial charge in [0.05, 0.1) is 0 Å². The van der Waals surface area contributed by atoms with Crippen LogP contribution in [0.15, 0.2) is 24.3 Å². The Balaban J connectivity index is 2.08. The van der Waals surface area contributed by atoms with E-state index in [1.807, 2.05) is 0 Å². The normalized spacial score (nSPS) is 20.1. The van der Waals surface area contributed by atoms with E-state index >= 15 is 0 Å². The number of hydrogen-bond acceptors (Lipinski definition) is 2. The first-order valence-electron chi connectivity index (χ1n) is 8.84. The zero-order chi connectivity index (χ0) is 15.1. The summed E-state index contributed by atoms with van der Waals surface area (Å²) in [4.78, 5) is 2.70. The molecule has 0 amide bonds. The summed E-state index contributed by atoms with van der Waals surface area (Å²) in [6, 6.07) is 10.6.